The monoisotopic (exact) mass is 371 g/mol. The number of amides is 1. The molecule has 0 radical (unpaired) electrons. The molecule has 4 rings (SSSR count). The van der Waals surface area contributed by atoms with Gasteiger partial charge < -0.3 is 0 Å². The van der Waals surface area contributed by atoms with Crippen LogP contribution in [0.15, 0.2) is 42.5 Å². The van der Waals surface area contributed by atoms with Crippen LogP contribution in [0.3, 0.4) is 0 Å². The largest absolute Gasteiger partial charge is 0.296 e. The van der Waals surface area contributed by atoms with E-state index in [0.29, 0.717) is 21.9 Å². The van der Waals surface area contributed by atoms with Crippen molar-refractivity contribution >= 4 is 27.3 Å². The molecule has 9 heteroatoms. The Bertz CT molecular complexity index is 1140. The van der Waals surface area contributed by atoms with Crippen LogP contribution < -0.4 is 5.32 Å². The molecule has 6 nitrogen and oxygen atoms in total. The van der Waals surface area contributed by atoms with Crippen LogP contribution in [-0.2, 0) is 0 Å². The summed E-state index contributed by atoms with van der Waals surface area (Å²) in [4.78, 5) is 12.6. The molecule has 26 heavy (non-hydrogen) atoms. The smallest absolute Gasteiger partial charge is 0.260 e. The predicted octanol–water partition coefficient (Wildman–Crippen LogP) is 3.69. The minimum atomic E-state index is -0.621. The van der Waals surface area contributed by atoms with Crippen molar-refractivity contribution in [2.75, 3.05) is 5.32 Å². The van der Waals surface area contributed by atoms with Gasteiger partial charge in [0.2, 0.25) is 10.1 Å². The first-order valence-corrected chi connectivity index (χ1v) is 8.39. The first-order chi connectivity index (χ1) is 12.5. The van der Waals surface area contributed by atoms with Gasteiger partial charge in [0.25, 0.3) is 5.91 Å². The van der Waals surface area contributed by atoms with Gasteiger partial charge in [-0.2, -0.15) is 4.52 Å². The van der Waals surface area contributed by atoms with E-state index >= 15 is 0 Å². The molecule has 0 bridgehead atoms. The third kappa shape index (κ3) is 2.82. The van der Waals surface area contributed by atoms with Crippen molar-refractivity contribution in [1.29, 1.82) is 0 Å². The predicted molar refractivity (Wildman–Crippen MR) is 93.1 cm³/mol. The lowest BCUT2D eigenvalue weighted by Gasteiger charge is -2.02. The van der Waals surface area contributed by atoms with Crippen LogP contribution in [0.1, 0.15) is 15.9 Å². The number of hydrogen-bond acceptors (Lipinski definition) is 5. The molecule has 0 aliphatic carbocycles. The van der Waals surface area contributed by atoms with Crippen molar-refractivity contribution < 1.29 is 13.6 Å². The summed E-state index contributed by atoms with van der Waals surface area (Å²) in [5.74, 6) is -1.25. The summed E-state index contributed by atoms with van der Waals surface area (Å²) in [5.41, 5.74) is 0.947. The molecule has 1 N–H and O–H groups in total. The Balaban J connectivity index is 1.67. The van der Waals surface area contributed by atoms with Crippen LogP contribution in [0.25, 0.3) is 16.3 Å². The van der Waals surface area contributed by atoms with Crippen molar-refractivity contribution in [3.05, 3.63) is 65.2 Å². The maximum absolute atomic E-state index is 13.8. The Morgan fingerprint density at radius 3 is 2.69 bits per heavy atom. The third-order valence-electron chi connectivity index (χ3n) is 3.76. The normalized spacial score (nSPS) is 11.0. The number of anilines is 1. The molecule has 0 unspecified atom stereocenters. The van der Waals surface area contributed by atoms with Gasteiger partial charge in [0.05, 0.1) is 5.56 Å². The molecule has 0 atom stereocenters. The molecule has 0 aliphatic rings. The van der Waals surface area contributed by atoms with Gasteiger partial charge in [0.1, 0.15) is 11.6 Å². The van der Waals surface area contributed by atoms with Crippen LogP contribution in [0, 0.1) is 18.6 Å². The molecule has 0 fully saturated rings. The molecule has 0 aliphatic heterocycles. The Hall–Kier alpha value is -3.20. The van der Waals surface area contributed by atoms with E-state index in [1.165, 1.54) is 28.8 Å². The maximum atomic E-state index is 13.8. The number of halogens is 2. The van der Waals surface area contributed by atoms with Gasteiger partial charge in [-0.3, -0.25) is 10.1 Å². The number of fused-ring (bicyclic) bond motifs is 1. The Morgan fingerprint density at radius 1 is 1.12 bits per heavy atom. The summed E-state index contributed by atoms with van der Waals surface area (Å²) in [6.07, 6.45) is 0. The summed E-state index contributed by atoms with van der Waals surface area (Å²) < 4.78 is 28.9. The number of carbonyl (C=O) groups is 1. The van der Waals surface area contributed by atoms with Crippen LogP contribution in [-0.4, -0.2) is 25.7 Å². The second kappa shape index (κ2) is 6.26. The van der Waals surface area contributed by atoms with Gasteiger partial charge in [0.15, 0.2) is 5.82 Å². The number of carbonyl (C=O) groups excluding carboxylic acids is 1. The lowest BCUT2D eigenvalue weighted by atomic mass is 10.1. The zero-order valence-corrected chi connectivity index (χ0v) is 14.2. The second-order valence-corrected chi connectivity index (χ2v) is 6.48. The van der Waals surface area contributed by atoms with Gasteiger partial charge >= 0.3 is 0 Å². The lowest BCUT2D eigenvalue weighted by Crippen LogP contribution is -2.13. The summed E-state index contributed by atoms with van der Waals surface area (Å²) in [7, 11) is 0. The number of nitrogens with zero attached hydrogens (tertiary/aromatic N) is 4. The van der Waals surface area contributed by atoms with Crippen molar-refractivity contribution in [1.82, 2.24) is 19.8 Å². The fourth-order valence-electron chi connectivity index (χ4n) is 2.39. The highest BCUT2D eigenvalue weighted by atomic mass is 32.1. The lowest BCUT2D eigenvalue weighted by molar-refractivity contribution is 0.102. The average molecular weight is 371 g/mol. The zero-order valence-electron chi connectivity index (χ0n) is 13.4. The molecule has 2 heterocycles. The Morgan fingerprint density at radius 2 is 1.92 bits per heavy atom. The molecule has 130 valence electrons. The standard InChI is InChI=1S/C17H11F2N5OS/c1-9-6-7-10(8-13(9)19)14-21-22-17-24(14)23-16(26-17)20-15(25)11-4-2-3-5-12(11)18/h2-8H,1H3,(H,20,23,25). The summed E-state index contributed by atoms with van der Waals surface area (Å²) >= 11 is 1.08. The van der Waals surface area contributed by atoms with E-state index < -0.39 is 11.7 Å². The minimum absolute atomic E-state index is 0.0840. The van der Waals surface area contributed by atoms with E-state index in [9.17, 15) is 13.6 Å². The molecule has 0 spiro atoms. The molecular weight excluding hydrogens is 360 g/mol. The van der Waals surface area contributed by atoms with E-state index in [1.807, 2.05) is 0 Å². The second-order valence-electron chi connectivity index (χ2n) is 5.52. The quantitative estimate of drug-likeness (QED) is 0.596. The number of hydrogen-bond donors (Lipinski definition) is 1. The number of nitrogens with one attached hydrogen (secondary N) is 1. The highest BCUT2D eigenvalue weighted by Crippen LogP contribution is 2.25. The molecule has 2 aromatic heterocycles. The Labute approximate surface area is 150 Å². The maximum Gasteiger partial charge on any atom is 0.260 e. The van der Waals surface area contributed by atoms with Crippen molar-refractivity contribution in [3.8, 4) is 11.4 Å². The Kier molecular flexibility index (Phi) is 3.92. The SMILES string of the molecule is Cc1ccc(-c2nnc3sc(NC(=O)c4ccccc4F)nn23)cc1F. The number of aromatic nitrogens is 4. The average Bonchev–Trinajstić information content (AvgIpc) is 3.18. The van der Waals surface area contributed by atoms with E-state index in [-0.39, 0.29) is 16.5 Å². The highest BCUT2D eigenvalue weighted by molar-refractivity contribution is 7.20. The van der Waals surface area contributed by atoms with Crippen LogP contribution in [0.2, 0.25) is 0 Å². The van der Waals surface area contributed by atoms with Gasteiger partial charge in [-0.25, -0.2) is 8.78 Å². The van der Waals surface area contributed by atoms with Gasteiger partial charge in [0, 0.05) is 5.56 Å². The van der Waals surface area contributed by atoms with E-state index in [0.717, 1.165) is 11.3 Å². The number of benzene rings is 2. The van der Waals surface area contributed by atoms with Gasteiger partial charge in [-0.15, -0.1) is 15.3 Å². The van der Waals surface area contributed by atoms with E-state index in [2.05, 4.69) is 20.6 Å². The van der Waals surface area contributed by atoms with E-state index in [4.69, 9.17) is 0 Å². The summed E-state index contributed by atoms with van der Waals surface area (Å²) in [6.45, 7) is 1.66. The number of rotatable bonds is 3. The van der Waals surface area contributed by atoms with Crippen LogP contribution in [0.5, 0.6) is 0 Å². The first-order valence-electron chi connectivity index (χ1n) is 7.57. The topological polar surface area (TPSA) is 72.2 Å². The van der Waals surface area contributed by atoms with Crippen molar-refractivity contribution in [2.24, 2.45) is 0 Å². The van der Waals surface area contributed by atoms with Crippen LogP contribution >= 0.6 is 11.3 Å². The van der Waals surface area contributed by atoms with Crippen molar-refractivity contribution in [3.63, 3.8) is 0 Å². The van der Waals surface area contributed by atoms with Crippen LogP contribution in [0.4, 0.5) is 13.9 Å². The molecule has 4 aromatic rings. The fraction of sp³-hybridized carbons (Fsp3) is 0.0588. The fourth-order valence-corrected chi connectivity index (χ4v) is 3.12. The third-order valence-corrected chi connectivity index (χ3v) is 4.57. The molecule has 2 aromatic carbocycles. The van der Waals surface area contributed by atoms with Gasteiger partial charge in [-0.05, 0) is 30.7 Å². The first kappa shape index (κ1) is 16.3. The highest BCUT2D eigenvalue weighted by Gasteiger charge is 2.17. The minimum Gasteiger partial charge on any atom is -0.296 e. The summed E-state index contributed by atoms with van der Waals surface area (Å²) in [6, 6.07) is 10.4. The van der Waals surface area contributed by atoms with Gasteiger partial charge in [-0.1, -0.05) is 35.6 Å². The van der Waals surface area contributed by atoms with Crippen molar-refractivity contribution in [2.45, 2.75) is 6.92 Å². The van der Waals surface area contributed by atoms with E-state index in [1.54, 1.807) is 25.1 Å². The zero-order chi connectivity index (χ0) is 18.3. The molecule has 0 saturated carbocycles. The summed E-state index contributed by atoms with van der Waals surface area (Å²) in [5, 5.41) is 15.0. The molecular formula is C17H11F2N5OS. The molecule has 1 amide bonds. The molecule has 0 saturated heterocycles. The number of aryl methyl sites for hydroxylation is 1.